The number of alkyl halides is 3. The number of methoxy groups -OCH3 is 1. The molecule has 0 spiro atoms. The van der Waals surface area contributed by atoms with Crippen molar-refractivity contribution in [1.82, 2.24) is 10.5 Å². The minimum absolute atomic E-state index is 0.0942. The van der Waals surface area contributed by atoms with Gasteiger partial charge in [-0.1, -0.05) is 18.2 Å². The Balaban J connectivity index is 1.93. The molecule has 0 saturated heterocycles. The quantitative estimate of drug-likeness (QED) is 0.863. The van der Waals surface area contributed by atoms with E-state index in [1.807, 2.05) is 0 Å². The third-order valence-electron chi connectivity index (χ3n) is 3.62. The minimum Gasteiger partial charge on any atom is -0.481 e. The van der Waals surface area contributed by atoms with Crippen LogP contribution in [0.25, 0.3) is 0 Å². The third kappa shape index (κ3) is 3.76. The minimum atomic E-state index is -4.41. The van der Waals surface area contributed by atoms with Gasteiger partial charge in [0.1, 0.15) is 26.2 Å². The highest BCUT2D eigenvalue weighted by Crippen LogP contribution is 2.32. The molecule has 1 N–H and O–H groups in total. The van der Waals surface area contributed by atoms with Crippen molar-refractivity contribution in [1.29, 1.82) is 0 Å². The van der Waals surface area contributed by atoms with Gasteiger partial charge in [0.15, 0.2) is 5.84 Å². The van der Waals surface area contributed by atoms with Crippen molar-refractivity contribution in [2.45, 2.75) is 12.2 Å². The van der Waals surface area contributed by atoms with Crippen LogP contribution in [0, 0.1) is 0 Å². The predicted octanol–water partition coefficient (Wildman–Crippen LogP) is 1.93. The highest BCUT2D eigenvalue weighted by Gasteiger charge is 2.31. The van der Waals surface area contributed by atoms with Crippen molar-refractivity contribution >= 4 is 19.1 Å². The van der Waals surface area contributed by atoms with Crippen molar-refractivity contribution in [2.75, 3.05) is 13.7 Å². The van der Waals surface area contributed by atoms with E-state index in [2.05, 4.69) is 15.5 Å². The second kappa shape index (κ2) is 6.75. The molecule has 0 saturated carbocycles. The largest absolute Gasteiger partial charge is 0.481 e. The SMILES string of the molecule is [B]c1ccc(C2=NC(c3cccc(C(F)(F)F)c3)CON2)nc1OC. The molecule has 1 aromatic heterocycles. The van der Waals surface area contributed by atoms with Crippen molar-refractivity contribution in [2.24, 2.45) is 4.99 Å². The van der Waals surface area contributed by atoms with Gasteiger partial charge in [-0.3, -0.25) is 9.83 Å². The summed E-state index contributed by atoms with van der Waals surface area (Å²) < 4.78 is 43.7. The number of hydroxylamine groups is 1. The number of halogens is 3. The monoisotopic (exact) mass is 347 g/mol. The van der Waals surface area contributed by atoms with Gasteiger partial charge in [-0.25, -0.2) is 10.5 Å². The van der Waals surface area contributed by atoms with Crippen LogP contribution in [0.2, 0.25) is 0 Å². The molecule has 2 aromatic rings. The first-order chi connectivity index (χ1) is 11.9. The van der Waals surface area contributed by atoms with Gasteiger partial charge in [0.25, 0.3) is 0 Å². The molecule has 25 heavy (non-hydrogen) atoms. The average Bonchev–Trinajstić information content (AvgIpc) is 2.61. The summed E-state index contributed by atoms with van der Waals surface area (Å²) in [5.74, 6) is 0.509. The zero-order valence-electron chi connectivity index (χ0n) is 13.2. The molecule has 0 amide bonds. The van der Waals surface area contributed by atoms with Crippen LogP contribution in [0.3, 0.4) is 0 Å². The summed E-state index contributed by atoms with van der Waals surface area (Å²) in [6.07, 6.45) is -4.41. The second-order valence-electron chi connectivity index (χ2n) is 5.32. The van der Waals surface area contributed by atoms with Crippen molar-refractivity contribution in [3.8, 4) is 5.88 Å². The normalized spacial score (nSPS) is 17.6. The number of nitrogens with one attached hydrogen (secondary N) is 1. The lowest BCUT2D eigenvalue weighted by atomic mass is 9.97. The first kappa shape index (κ1) is 17.3. The molecule has 1 atom stereocenters. The summed E-state index contributed by atoms with van der Waals surface area (Å²) in [6.45, 7) is 0.0942. The summed E-state index contributed by atoms with van der Waals surface area (Å²) in [5, 5.41) is 0. The molecular formula is C16H13BF3N3O2. The van der Waals surface area contributed by atoms with E-state index >= 15 is 0 Å². The zero-order valence-corrected chi connectivity index (χ0v) is 13.2. The molecule has 0 fully saturated rings. The maximum atomic E-state index is 12.9. The van der Waals surface area contributed by atoms with Crippen molar-refractivity contribution < 1.29 is 22.7 Å². The van der Waals surface area contributed by atoms with E-state index in [-0.39, 0.29) is 18.3 Å². The van der Waals surface area contributed by atoms with Crippen LogP contribution in [0.5, 0.6) is 5.88 Å². The van der Waals surface area contributed by atoms with Crippen LogP contribution in [-0.4, -0.2) is 32.4 Å². The summed E-state index contributed by atoms with van der Waals surface area (Å²) in [4.78, 5) is 13.9. The Bertz CT molecular complexity index is 811. The molecule has 3 rings (SSSR count). The topological polar surface area (TPSA) is 55.7 Å². The van der Waals surface area contributed by atoms with Crippen LogP contribution >= 0.6 is 0 Å². The van der Waals surface area contributed by atoms with Gasteiger partial charge in [0.2, 0.25) is 5.88 Å². The Kier molecular flexibility index (Phi) is 4.67. The molecule has 1 unspecified atom stereocenters. The maximum Gasteiger partial charge on any atom is 0.416 e. The molecule has 0 bridgehead atoms. The highest BCUT2D eigenvalue weighted by molar-refractivity contribution is 6.34. The molecule has 0 aliphatic carbocycles. The fraction of sp³-hybridized carbons (Fsp3) is 0.250. The Morgan fingerprint density at radius 2 is 2.08 bits per heavy atom. The van der Waals surface area contributed by atoms with Crippen LogP contribution < -0.4 is 15.7 Å². The lowest BCUT2D eigenvalue weighted by Crippen LogP contribution is -2.33. The predicted molar refractivity (Wildman–Crippen MR) is 86.0 cm³/mol. The summed E-state index contributed by atoms with van der Waals surface area (Å²) in [5.41, 5.74) is 3.05. The number of aromatic nitrogens is 1. The first-order valence-electron chi connectivity index (χ1n) is 7.32. The van der Waals surface area contributed by atoms with E-state index in [0.29, 0.717) is 16.7 Å². The zero-order chi connectivity index (χ0) is 18.0. The summed E-state index contributed by atoms with van der Waals surface area (Å²) in [7, 11) is 7.15. The Morgan fingerprint density at radius 1 is 1.28 bits per heavy atom. The van der Waals surface area contributed by atoms with E-state index in [1.54, 1.807) is 18.2 Å². The highest BCUT2D eigenvalue weighted by atomic mass is 19.4. The Hall–Kier alpha value is -2.55. The number of benzene rings is 1. The Labute approximate surface area is 143 Å². The lowest BCUT2D eigenvalue weighted by Gasteiger charge is -2.22. The van der Waals surface area contributed by atoms with Gasteiger partial charge in [-0.15, -0.1) is 0 Å². The number of hydrogen-bond acceptors (Lipinski definition) is 5. The number of ether oxygens (including phenoxy) is 1. The average molecular weight is 347 g/mol. The van der Waals surface area contributed by atoms with E-state index in [0.717, 1.165) is 12.1 Å². The molecule has 1 aliphatic heterocycles. The number of amidine groups is 1. The first-order valence-corrected chi connectivity index (χ1v) is 7.32. The molecule has 2 radical (unpaired) electrons. The smallest absolute Gasteiger partial charge is 0.416 e. The van der Waals surface area contributed by atoms with E-state index < -0.39 is 17.8 Å². The molecular weight excluding hydrogens is 334 g/mol. The maximum absolute atomic E-state index is 12.9. The number of rotatable bonds is 3. The van der Waals surface area contributed by atoms with E-state index in [1.165, 1.54) is 13.2 Å². The van der Waals surface area contributed by atoms with Crippen LogP contribution in [0.15, 0.2) is 41.4 Å². The second-order valence-corrected chi connectivity index (χ2v) is 5.32. The molecule has 1 aliphatic rings. The molecule has 128 valence electrons. The molecule has 2 heterocycles. The van der Waals surface area contributed by atoms with Gasteiger partial charge >= 0.3 is 6.18 Å². The van der Waals surface area contributed by atoms with E-state index in [4.69, 9.17) is 17.4 Å². The van der Waals surface area contributed by atoms with E-state index in [9.17, 15) is 13.2 Å². The number of hydrogen-bond donors (Lipinski definition) is 1. The fourth-order valence-electron chi connectivity index (χ4n) is 2.37. The molecule has 9 heteroatoms. The van der Waals surface area contributed by atoms with Crippen LogP contribution in [0.4, 0.5) is 13.2 Å². The number of aliphatic imine (C=N–C) groups is 1. The van der Waals surface area contributed by atoms with Crippen LogP contribution in [-0.2, 0) is 11.0 Å². The fourth-order valence-corrected chi connectivity index (χ4v) is 2.37. The van der Waals surface area contributed by atoms with Gasteiger partial charge in [-0.2, -0.15) is 13.2 Å². The van der Waals surface area contributed by atoms with Gasteiger partial charge in [-0.05, 0) is 29.2 Å². The third-order valence-corrected chi connectivity index (χ3v) is 3.62. The Morgan fingerprint density at radius 3 is 2.80 bits per heavy atom. The number of pyridine rings is 1. The van der Waals surface area contributed by atoms with Gasteiger partial charge in [0, 0.05) is 0 Å². The molecule has 1 aromatic carbocycles. The standard InChI is InChI=1S/C16H13BF3N3O2/c1-24-15-11(17)5-6-12(22-15)14-21-13(8-25-23-14)9-3-2-4-10(7-9)16(18,19)20/h2-7,13H,8H2,1H3,(H,21,23). The van der Waals surface area contributed by atoms with Crippen LogP contribution in [0.1, 0.15) is 22.9 Å². The van der Waals surface area contributed by atoms with Crippen molar-refractivity contribution in [3.63, 3.8) is 0 Å². The van der Waals surface area contributed by atoms with Crippen molar-refractivity contribution in [3.05, 3.63) is 53.2 Å². The van der Waals surface area contributed by atoms with Gasteiger partial charge in [0.05, 0.1) is 12.7 Å². The summed E-state index contributed by atoms with van der Waals surface area (Å²) >= 11 is 0. The summed E-state index contributed by atoms with van der Waals surface area (Å²) in [6, 6.07) is 7.62. The number of nitrogens with zero attached hydrogens (tertiary/aromatic N) is 2. The molecule has 5 nitrogen and oxygen atoms in total. The lowest BCUT2D eigenvalue weighted by molar-refractivity contribution is -0.137. The van der Waals surface area contributed by atoms with Gasteiger partial charge < -0.3 is 4.74 Å².